The van der Waals surface area contributed by atoms with Crippen molar-refractivity contribution in [1.82, 2.24) is 4.90 Å². The van der Waals surface area contributed by atoms with Gasteiger partial charge in [-0.1, -0.05) is 0 Å². The zero-order chi connectivity index (χ0) is 18.0. The molecule has 1 aromatic rings. The number of hydrogen-bond donors (Lipinski definition) is 1. The van der Waals surface area contributed by atoms with Crippen LogP contribution in [0.1, 0.15) is 28.8 Å². The Morgan fingerprint density at radius 2 is 2.17 bits per heavy atom. The average Bonchev–Trinajstić information content (AvgIpc) is 2.87. The minimum Gasteiger partial charge on any atom is -0.481 e. The number of nitro benzene ring substituents is 1. The van der Waals surface area contributed by atoms with Gasteiger partial charge in [-0.15, -0.1) is 0 Å². The van der Waals surface area contributed by atoms with Gasteiger partial charge < -0.3 is 14.7 Å². The van der Waals surface area contributed by atoms with Gasteiger partial charge in [0.2, 0.25) is 0 Å². The van der Waals surface area contributed by atoms with Crippen molar-refractivity contribution in [2.75, 3.05) is 13.7 Å². The number of carbonyl (C=O) groups is 2. The monoisotopic (exact) mass is 340 g/mol. The first-order valence-electron chi connectivity index (χ1n) is 7.24. The van der Waals surface area contributed by atoms with Gasteiger partial charge in [0, 0.05) is 25.3 Å². The fourth-order valence-electron chi connectivity index (χ4n) is 2.98. The summed E-state index contributed by atoms with van der Waals surface area (Å²) >= 11 is 0. The van der Waals surface area contributed by atoms with Crippen molar-refractivity contribution in [3.8, 4) is 0 Å². The Kier molecular flexibility index (Phi) is 5.13. The Hall–Kier alpha value is -2.55. The lowest BCUT2D eigenvalue weighted by Gasteiger charge is -2.23. The highest BCUT2D eigenvalue weighted by Crippen LogP contribution is 2.30. The van der Waals surface area contributed by atoms with Crippen LogP contribution in [0.15, 0.2) is 12.1 Å². The number of methoxy groups -OCH3 is 1. The highest BCUT2D eigenvalue weighted by Gasteiger charge is 2.39. The standard InChI is InChI=1S/C15H17FN2O6/c1-8-3-9(16)4-12(14(8)18(22)23)15(21)17-7-11(24-2)5-10(17)6-13(19)20/h3-4,10-11H,5-7H2,1-2H3,(H,19,20). The minimum atomic E-state index is -1.10. The maximum Gasteiger partial charge on any atom is 0.305 e. The van der Waals surface area contributed by atoms with Gasteiger partial charge in [0.15, 0.2) is 0 Å². The van der Waals surface area contributed by atoms with Crippen LogP contribution in [0.3, 0.4) is 0 Å². The average molecular weight is 340 g/mol. The number of carboxylic acid groups (broad SMARTS) is 1. The molecule has 2 unspecified atom stereocenters. The van der Waals surface area contributed by atoms with E-state index >= 15 is 0 Å². The molecule has 1 fully saturated rings. The van der Waals surface area contributed by atoms with E-state index in [9.17, 15) is 24.1 Å². The molecule has 1 aliphatic heterocycles. The summed E-state index contributed by atoms with van der Waals surface area (Å²) < 4.78 is 18.8. The Balaban J connectivity index is 2.43. The molecule has 130 valence electrons. The summed E-state index contributed by atoms with van der Waals surface area (Å²) in [7, 11) is 1.44. The number of rotatable bonds is 5. The summed E-state index contributed by atoms with van der Waals surface area (Å²) in [5, 5.41) is 20.2. The number of carbonyl (C=O) groups excluding carboxylic acids is 1. The summed E-state index contributed by atoms with van der Waals surface area (Å²) in [6.07, 6.45) is -0.378. The number of benzene rings is 1. The zero-order valence-electron chi connectivity index (χ0n) is 13.2. The largest absolute Gasteiger partial charge is 0.481 e. The molecular weight excluding hydrogens is 323 g/mol. The van der Waals surface area contributed by atoms with Crippen molar-refractivity contribution in [3.63, 3.8) is 0 Å². The van der Waals surface area contributed by atoms with E-state index in [0.717, 1.165) is 12.1 Å². The molecule has 1 aliphatic rings. The molecule has 2 rings (SSSR count). The van der Waals surface area contributed by atoms with Crippen LogP contribution in [-0.4, -0.2) is 52.6 Å². The normalized spacial score (nSPS) is 20.2. The lowest BCUT2D eigenvalue weighted by Crippen LogP contribution is -2.37. The van der Waals surface area contributed by atoms with E-state index < -0.39 is 34.3 Å². The number of likely N-dealkylation sites (tertiary alicyclic amines) is 1. The summed E-state index contributed by atoms with van der Waals surface area (Å²) in [5.74, 6) is -2.63. The number of amides is 1. The summed E-state index contributed by atoms with van der Waals surface area (Å²) in [6.45, 7) is 1.44. The first-order chi connectivity index (χ1) is 11.2. The molecule has 0 aliphatic carbocycles. The van der Waals surface area contributed by atoms with Crippen molar-refractivity contribution >= 4 is 17.6 Å². The molecule has 1 heterocycles. The van der Waals surface area contributed by atoms with E-state index in [0.29, 0.717) is 6.42 Å². The van der Waals surface area contributed by atoms with E-state index in [1.807, 2.05) is 0 Å². The molecule has 2 atom stereocenters. The van der Waals surface area contributed by atoms with Gasteiger partial charge in [-0.2, -0.15) is 0 Å². The Morgan fingerprint density at radius 3 is 2.71 bits per heavy atom. The van der Waals surface area contributed by atoms with Gasteiger partial charge in [-0.05, 0) is 25.5 Å². The van der Waals surface area contributed by atoms with Crippen LogP contribution < -0.4 is 0 Å². The van der Waals surface area contributed by atoms with Crippen LogP contribution in [-0.2, 0) is 9.53 Å². The molecule has 0 saturated carbocycles. The number of hydrogen-bond acceptors (Lipinski definition) is 5. The number of nitro groups is 1. The molecule has 1 amide bonds. The molecular formula is C15H17FN2O6. The maximum absolute atomic E-state index is 13.7. The van der Waals surface area contributed by atoms with Crippen molar-refractivity contribution in [1.29, 1.82) is 0 Å². The quantitative estimate of drug-likeness (QED) is 0.646. The molecule has 0 spiro atoms. The van der Waals surface area contributed by atoms with Gasteiger partial charge >= 0.3 is 5.97 Å². The van der Waals surface area contributed by atoms with Gasteiger partial charge in [0.1, 0.15) is 11.4 Å². The summed E-state index contributed by atoms with van der Waals surface area (Å²) in [5.41, 5.74) is -0.832. The van der Waals surface area contributed by atoms with E-state index in [2.05, 4.69) is 0 Å². The summed E-state index contributed by atoms with van der Waals surface area (Å²) in [6, 6.07) is 1.12. The van der Waals surface area contributed by atoms with Crippen molar-refractivity contribution in [2.45, 2.75) is 31.9 Å². The third kappa shape index (κ3) is 3.51. The molecule has 0 bridgehead atoms. The van der Waals surface area contributed by atoms with Crippen LogP contribution in [0.2, 0.25) is 0 Å². The molecule has 1 saturated heterocycles. The molecule has 0 radical (unpaired) electrons. The molecule has 0 aromatic heterocycles. The molecule has 1 N–H and O–H groups in total. The number of ether oxygens (including phenoxy) is 1. The first kappa shape index (κ1) is 17.8. The Labute approximate surface area is 137 Å². The Bertz CT molecular complexity index is 693. The number of carboxylic acids is 1. The van der Waals surface area contributed by atoms with Crippen LogP contribution in [0.5, 0.6) is 0 Å². The zero-order valence-corrected chi connectivity index (χ0v) is 13.2. The highest BCUT2D eigenvalue weighted by molar-refractivity contribution is 5.99. The second-order valence-corrected chi connectivity index (χ2v) is 5.68. The number of aryl methyl sites for hydroxylation is 1. The van der Waals surface area contributed by atoms with Crippen LogP contribution in [0.25, 0.3) is 0 Å². The smallest absolute Gasteiger partial charge is 0.305 e. The predicted octanol–water partition coefficient (Wildman–Crippen LogP) is 1.75. The number of nitrogens with zero attached hydrogens (tertiary/aromatic N) is 2. The van der Waals surface area contributed by atoms with Gasteiger partial charge in [-0.25, -0.2) is 4.39 Å². The predicted molar refractivity (Wildman–Crippen MR) is 80.3 cm³/mol. The molecule has 9 heteroatoms. The van der Waals surface area contributed by atoms with E-state index in [-0.39, 0.29) is 30.2 Å². The first-order valence-corrected chi connectivity index (χ1v) is 7.24. The highest BCUT2D eigenvalue weighted by atomic mass is 19.1. The topological polar surface area (TPSA) is 110 Å². The second kappa shape index (κ2) is 6.91. The lowest BCUT2D eigenvalue weighted by molar-refractivity contribution is -0.385. The van der Waals surface area contributed by atoms with Crippen molar-refractivity contribution in [2.24, 2.45) is 0 Å². The Morgan fingerprint density at radius 1 is 1.50 bits per heavy atom. The fourth-order valence-corrected chi connectivity index (χ4v) is 2.98. The molecule has 1 aromatic carbocycles. The maximum atomic E-state index is 13.7. The second-order valence-electron chi connectivity index (χ2n) is 5.68. The van der Waals surface area contributed by atoms with Gasteiger partial charge in [-0.3, -0.25) is 19.7 Å². The molecule has 8 nitrogen and oxygen atoms in total. The van der Waals surface area contributed by atoms with Gasteiger partial charge in [0.25, 0.3) is 11.6 Å². The van der Waals surface area contributed by atoms with E-state index in [1.165, 1.54) is 18.9 Å². The fraction of sp³-hybridized carbons (Fsp3) is 0.467. The summed E-state index contributed by atoms with van der Waals surface area (Å²) in [4.78, 5) is 35.4. The molecule has 24 heavy (non-hydrogen) atoms. The van der Waals surface area contributed by atoms with Crippen LogP contribution in [0, 0.1) is 22.9 Å². The van der Waals surface area contributed by atoms with Crippen molar-refractivity contribution in [3.05, 3.63) is 39.2 Å². The SMILES string of the molecule is COC1CC(CC(=O)O)N(C(=O)c2cc(F)cc(C)c2[N+](=O)[O-])C1. The van der Waals surface area contributed by atoms with Crippen LogP contribution >= 0.6 is 0 Å². The number of aliphatic carboxylic acids is 1. The van der Waals surface area contributed by atoms with Crippen molar-refractivity contribution < 1.29 is 28.7 Å². The van der Waals surface area contributed by atoms with Crippen LogP contribution in [0.4, 0.5) is 10.1 Å². The third-order valence-electron chi connectivity index (χ3n) is 4.06. The number of halogens is 1. The minimum absolute atomic E-state index is 0.0284. The van der Waals surface area contributed by atoms with E-state index in [4.69, 9.17) is 9.84 Å². The third-order valence-corrected chi connectivity index (χ3v) is 4.06. The lowest BCUT2D eigenvalue weighted by atomic mass is 10.1. The van der Waals surface area contributed by atoms with Gasteiger partial charge in [0.05, 0.1) is 17.4 Å². The van der Waals surface area contributed by atoms with E-state index in [1.54, 1.807) is 0 Å².